The summed E-state index contributed by atoms with van der Waals surface area (Å²) >= 11 is 5.06. The number of benzene rings is 1. The zero-order chi connectivity index (χ0) is 15.0. The SMILES string of the molecule is COc1c(SC)ccc(C(=O)c2cnoc2C2CC2)c1Br. The molecule has 4 nitrogen and oxygen atoms in total. The molecule has 3 rings (SSSR count). The molecular formula is C15H14BrNO3S. The van der Waals surface area contributed by atoms with Crippen LogP contribution in [0, 0.1) is 0 Å². The second kappa shape index (κ2) is 5.85. The Kier molecular flexibility index (Phi) is 4.08. The van der Waals surface area contributed by atoms with Gasteiger partial charge in [-0.15, -0.1) is 11.8 Å². The normalized spacial score (nSPS) is 14.2. The van der Waals surface area contributed by atoms with Gasteiger partial charge < -0.3 is 9.26 Å². The smallest absolute Gasteiger partial charge is 0.199 e. The molecule has 2 aromatic rings. The Morgan fingerprint density at radius 2 is 2.19 bits per heavy atom. The third-order valence-electron chi connectivity index (χ3n) is 3.52. The quantitative estimate of drug-likeness (QED) is 0.583. The van der Waals surface area contributed by atoms with E-state index in [2.05, 4.69) is 21.1 Å². The van der Waals surface area contributed by atoms with Crippen LogP contribution in [0.25, 0.3) is 0 Å². The van der Waals surface area contributed by atoms with Crippen LogP contribution >= 0.6 is 27.7 Å². The maximum absolute atomic E-state index is 12.8. The van der Waals surface area contributed by atoms with Crippen LogP contribution in [0.4, 0.5) is 0 Å². The van der Waals surface area contributed by atoms with E-state index >= 15 is 0 Å². The zero-order valence-corrected chi connectivity index (χ0v) is 14.1. The average molecular weight is 368 g/mol. The van der Waals surface area contributed by atoms with Gasteiger partial charge in [-0.05, 0) is 47.2 Å². The number of hydrogen-bond donors (Lipinski definition) is 0. The predicted octanol–water partition coefficient (Wildman–Crippen LogP) is 4.28. The lowest BCUT2D eigenvalue weighted by molar-refractivity contribution is 0.103. The van der Waals surface area contributed by atoms with Gasteiger partial charge in [0.2, 0.25) is 0 Å². The molecule has 0 bridgehead atoms. The van der Waals surface area contributed by atoms with Gasteiger partial charge in [-0.2, -0.15) is 0 Å². The number of ketones is 1. The lowest BCUT2D eigenvalue weighted by Crippen LogP contribution is -2.05. The summed E-state index contributed by atoms with van der Waals surface area (Å²) in [7, 11) is 1.60. The first-order valence-electron chi connectivity index (χ1n) is 6.57. The Labute approximate surface area is 135 Å². The summed E-state index contributed by atoms with van der Waals surface area (Å²) < 4.78 is 11.3. The van der Waals surface area contributed by atoms with Crippen molar-refractivity contribution < 1.29 is 14.1 Å². The fraction of sp³-hybridized carbons (Fsp3) is 0.333. The maximum atomic E-state index is 12.8. The standard InChI is InChI=1S/C15H14BrNO3S/c1-19-15-11(21-2)6-5-9(12(15)16)13(18)10-7-17-20-14(10)8-3-4-8/h5-8H,3-4H2,1-2H3. The number of halogens is 1. The van der Waals surface area contributed by atoms with Crippen molar-refractivity contribution >= 4 is 33.5 Å². The highest BCUT2D eigenvalue weighted by atomic mass is 79.9. The molecule has 0 radical (unpaired) electrons. The van der Waals surface area contributed by atoms with Gasteiger partial charge in [0.15, 0.2) is 11.5 Å². The third kappa shape index (κ3) is 2.62. The third-order valence-corrected chi connectivity index (χ3v) is 5.07. The molecule has 0 N–H and O–H groups in total. The van der Waals surface area contributed by atoms with E-state index in [1.807, 2.05) is 18.4 Å². The molecule has 1 heterocycles. The van der Waals surface area contributed by atoms with Crippen LogP contribution in [-0.4, -0.2) is 24.3 Å². The number of carbonyl (C=O) groups excluding carboxylic acids is 1. The Morgan fingerprint density at radius 1 is 1.43 bits per heavy atom. The van der Waals surface area contributed by atoms with Gasteiger partial charge in [0.05, 0.1) is 28.2 Å². The van der Waals surface area contributed by atoms with E-state index in [9.17, 15) is 4.79 Å². The van der Waals surface area contributed by atoms with Crippen molar-refractivity contribution in [2.24, 2.45) is 0 Å². The van der Waals surface area contributed by atoms with Crippen molar-refractivity contribution in [3.8, 4) is 5.75 Å². The molecule has 1 aliphatic rings. The number of methoxy groups -OCH3 is 1. The Hall–Kier alpha value is -1.27. The monoisotopic (exact) mass is 367 g/mol. The van der Waals surface area contributed by atoms with Gasteiger partial charge in [0.1, 0.15) is 5.75 Å². The molecule has 21 heavy (non-hydrogen) atoms. The highest BCUT2D eigenvalue weighted by Gasteiger charge is 2.33. The van der Waals surface area contributed by atoms with Crippen LogP contribution < -0.4 is 4.74 Å². The summed E-state index contributed by atoms with van der Waals surface area (Å²) in [5.74, 6) is 1.64. The molecular weight excluding hydrogens is 354 g/mol. The second-order valence-electron chi connectivity index (χ2n) is 4.87. The second-order valence-corrected chi connectivity index (χ2v) is 6.51. The van der Waals surface area contributed by atoms with Crippen molar-refractivity contribution in [1.82, 2.24) is 5.16 Å². The lowest BCUT2D eigenvalue weighted by Gasteiger charge is -2.11. The maximum Gasteiger partial charge on any atom is 0.199 e. The average Bonchev–Trinajstić information content (AvgIpc) is 3.23. The number of rotatable bonds is 5. The van der Waals surface area contributed by atoms with Crippen LogP contribution in [-0.2, 0) is 0 Å². The van der Waals surface area contributed by atoms with Gasteiger partial charge in [-0.1, -0.05) is 5.16 Å². The van der Waals surface area contributed by atoms with Gasteiger partial charge in [0.25, 0.3) is 0 Å². The van der Waals surface area contributed by atoms with E-state index in [0.29, 0.717) is 33.0 Å². The van der Waals surface area contributed by atoms with E-state index in [4.69, 9.17) is 9.26 Å². The summed E-state index contributed by atoms with van der Waals surface area (Å²) in [6, 6.07) is 3.70. The van der Waals surface area contributed by atoms with Gasteiger partial charge in [0, 0.05) is 11.5 Å². The van der Waals surface area contributed by atoms with E-state index in [1.165, 1.54) is 6.20 Å². The lowest BCUT2D eigenvalue weighted by atomic mass is 10.0. The predicted molar refractivity (Wildman–Crippen MR) is 84.4 cm³/mol. The molecule has 1 saturated carbocycles. The van der Waals surface area contributed by atoms with Gasteiger partial charge in [-0.25, -0.2) is 0 Å². The highest BCUT2D eigenvalue weighted by Crippen LogP contribution is 2.43. The molecule has 1 fully saturated rings. The Balaban J connectivity index is 2.03. The van der Waals surface area contributed by atoms with Gasteiger partial charge >= 0.3 is 0 Å². The molecule has 110 valence electrons. The zero-order valence-electron chi connectivity index (χ0n) is 11.7. The minimum atomic E-state index is -0.0871. The summed E-state index contributed by atoms with van der Waals surface area (Å²) in [6.07, 6.45) is 5.60. The topological polar surface area (TPSA) is 52.3 Å². The fourth-order valence-electron chi connectivity index (χ4n) is 2.27. The molecule has 0 unspecified atom stereocenters. The van der Waals surface area contributed by atoms with Crippen molar-refractivity contribution in [1.29, 1.82) is 0 Å². The largest absolute Gasteiger partial charge is 0.494 e. The van der Waals surface area contributed by atoms with Crippen molar-refractivity contribution in [3.05, 3.63) is 39.7 Å². The minimum Gasteiger partial charge on any atom is -0.494 e. The molecule has 1 aromatic heterocycles. The van der Waals surface area contributed by atoms with E-state index in [1.54, 1.807) is 18.9 Å². The number of aromatic nitrogens is 1. The summed E-state index contributed by atoms with van der Waals surface area (Å²) in [4.78, 5) is 13.7. The summed E-state index contributed by atoms with van der Waals surface area (Å²) in [5, 5.41) is 3.79. The number of thioether (sulfide) groups is 1. The Bertz CT molecular complexity index is 694. The molecule has 0 aliphatic heterocycles. The molecule has 1 aromatic carbocycles. The highest BCUT2D eigenvalue weighted by molar-refractivity contribution is 9.10. The Morgan fingerprint density at radius 3 is 2.81 bits per heavy atom. The number of carbonyl (C=O) groups is 1. The van der Waals surface area contributed by atoms with E-state index < -0.39 is 0 Å². The number of ether oxygens (including phenoxy) is 1. The van der Waals surface area contributed by atoms with Crippen LogP contribution in [0.5, 0.6) is 5.75 Å². The summed E-state index contributed by atoms with van der Waals surface area (Å²) in [5.41, 5.74) is 1.12. The van der Waals surface area contributed by atoms with Crippen molar-refractivity contribution in [2.75, 3.05) is 13.4 Å². The number of hydrogen-bond acceptors (Lipinski definition) is 5. The molecule has 0 atom stereocenters. The van der Waals surface area contributed by atoms with Crippen LogP contribution in [0.15, 0.2) is 32.2 Å². The molecule has 0 amide bonds. The molecule has 6 heteroatoms. The molecule has 0 spiro atoms. The van der Waals surface area contributed by atoms with Crippen LogP contribution in [0.2, 0.25) is 0 Å². The fourth-order valence-corrected chi connectivity index (χ4v) is 3.66. The van der Waals surface area contributed by atoms with Crippen molar-refractivity contribution in [3.63, 3.8) is 0 Å². The van der Waals surface area contributed by atoms with Crippen molar-refractivity contribution in [2.45, 2.75) is 23.7 Å². The van der Waals surface area contributed by atoms with Gasteiger partial charge in [-0.3, -0.25) is 4.79 Å². The minimum absolute atomic E-state index is 0.0871. The first-order valence-corrected chi connectivity index (χ1v) is 8.59. The van der Waals surface area contributed by atoms with Crippen LogP contribution in [0.3, 0.4) is 0 Å². The first-order chi connectivity index (χ1) is 10.2. The molecule has 0 saturated heterocycles. The van der Waals surface area contributed by atoms with Crippen LogP contribution in [0.1, 0.15) is 40.4 Å². The van der Waals surface area contributed by atoms with E-state index in [0.717, 1.165) is 17.7 Å². The number of nitrogens with zero attached hydrogens (tertiary/aromatic N) is 1. The molecule has 1 aliphatic carbocycles. The summed E-state index contributed by atoms with van der Waals surface area (Å²) in [6.45, 7) is 0. The first kappa shape index (κ1) is 14.7. The van der Waals surface area contributed by atoms with E-state index in [-0.39, 0.29) is 5.78 Å².